The van der Waals surface area contributed by atoms with Crippen LogP contribution in [0.3, 0.4) is 0 Å². The number of fused-ring (bicyclic) bond motifs is 1. The Kier molecular flexibility index (Phi) is 6.66. The van der Waals surface area contributed by atoms with Gasteiger partial charge >= 0.3 is 0 Å². The van der Waals surface area contributed by atoms with Crippen molar-refractivity contribution in [2.75, 3.05) is 26.0 Å². The summed E-state index contributed by atoms with van der Waals surface area (Å²) in [6.45, 7) is 0.697. The summed E-state index contributed by atoms with van der Waals surface area (Å²) in [5.74, 6) is 0.939. The van der Waals surface area contributed by atoms with E-state index in [1.54, 1.807) is 0 Å². The number of para-hydroxylation sites is 1. The molecule has 1 aromatic heterocycles. The fraction of sp³-hybridized carbons (Fsp3) is 0.111. The van der Waals surface area contributed by atoms with Gasteiger partial charge in [-0.1, -0.05) is 42.5 Å². The second kappa shape index (κ2) is 9.97. The highest BCUT2D eigenvalue weighted by Crippen LogP contribution is 2.31. The summed E-state index contributed by atoms with van der Waals surface area (Å²) in [5.41, 5.74) is 3.08. The Morgan fingerprint density at radius 3 is 2.55 bits per heavy atom. The predicted octanol–water partition coefficient (Wildman–Crippen LogP) is 5.04. The van der Waals surface area contributed by atoms with Gasteiger partial charge in [0.2, 0.25) is 5.91 Å². The Morgan fingerprint density at radius 1 is 0.970 bits per heavy atom. The SMILES string of the molecule is CN(C)CC=CC(=O)Nc1cccc(-c2cccc(Oc3cc(=O)[nH]c4ccccc34)c2)c1. The number of hydrogen-bond donors (Lipinski definition) is 2. The molecule has 0 saturated carbocycles. The van der Waals surface area contributed by atoms with Gasteiger partial charge in [0.25, 0.3) is 5.56 Å². The van der Waals surface area contributed by atoms with Gasteiger partial charge in [-0.25, -0.2) is 0 Å². The lowest BCUT2D eigenvalue weighted by Gasteiger charge is -2.11. The minimum atomic E-state index is -0.220. The van der Waals surface area contributed by atoms with Gasteiger partial charge in [0.05, 0.1) is 5.52 Å². The third-order valence-electron chi connectivity index (χ3n) is 4.98. The molecule has 33 heavy (non-hydrogen) atoms. The first-order chi connectivity index (χ1) is 16.0. The van der Waals surface area contributed by atoms with E-state index in [-0.39, 0.29) is 11.5 Å². The number of pyridine rings is 1. The standard InChI is InChI=1S/C27H25N3O3/c1-30(2)15-7-14-26(31)28-21-10-5-8-19(16-21)20-9-6-11-22(17-20)33-25-18-27(32)29-24-13-4-3-12-23(24)25/h3-14,16-18H,15H2,1-2H3,(H,28,31)(H,29,32). The van der Waals surface area contributed by atoms with Crippen molar-refractivity contribution >= 4 is 22.5 Å². The van der Waals surface area contributed by atoms with Crippen LogP contribution in [-0.4, -0.2) is 36.4 Å². The number of benzene rings is 3. The number of anilines is 1. The zero-order chi connectivity index (χ0) is 23.2. The van der Waals surface area contributed by atoms with Gasteiger partial charge in [0.1, 0.15) is 11.5 Å². The molecular formula is C27H25N3O3. The van der Waals surface area contributed by atoms with Crippen LogP contribution in [0.1, 0.15) is 0 Å². The van der Waals surface area contributed by atoms with Crippen LogP contribution in [0.25, 0.3) is 22.0 Å². The van der Waals surface area contributed by atoms with Gasteiger partial charge in [-0.3, -0.25) is 9.59 Å². The van der Waals surface area contributed by atoms with E-state index in [4.69, 9.17) is 4.74 Å². The topological polar surface area (TPSA) is 74.4 Å². The first-order valence-electron chi connectivity index (χ1n) is 10.6. The lowest BCUT2D eigenvalue weighted by atomic mass is 10.0. The van der Waals surface area contributed by atoms with Crippen molar-refractivity contribution in [2.24, 2.45) is 0 Å². The molecule has 6 heteroatoms. The smallest absolute Gasteiger partial charge is 0.252 e. The fourth-order valence-corrected chi connectivity index (χ4v) is 3.45. The number of nitrogens with one attached hydrogen (secondary N) is 2. The number of aromatic nitrogens is 1. The summed E-state index contributed by atoms with van der Waals surface area (Å²) < 4.78 is 6.09. The first kappa shape index (κ1) is 22.0. The average Bonchev–Trinajstić information content (AvgIpc) is 2.79. The van der Waals surface area contributed by atoms with E-state index in [0.29, 0.717) is 23.7 Å². The molecule has 0 saturated heterocycles. The second-order valence-electron chi connectivity index (χ2n) is 7.91. The minimum absolute atomic E-state index is 0.174. The summed E-state index contributed by atoms with van der Waals surface area (Å²) in [5, 5.41) is 3.72. The highest BCUT2D eigenvalue weighted by atomic mass is 16.5. The maximum atomic E-state index is 12.2. The Labute approximate surface area is 192 Å². The van der Waals surface area contributed by atoms with Crippen molar-refractivity contribution < 1.29 is 9.53 Å². The third-order valence-corrected chi connectivity index (χ3v) is 4.98. The van der Waals surface area contributed by atoms with Crippen molar-refractivity contribution in [3.8, 4) is 22.6 Å². The summed E-state index contributed by atoms with van der Waals surface area (Å²) >= 11 is 0. The predicted molar refractivity (Wildman–Crippen MR) is 133 cm³/mol. The molecule has 0 aliphatic carbocycles. The lowest BCUT2D eigenvalue weighted by molar-refractivity contribution is -0.111. The van der Waals surface area contributed by atoms with Crippen LogP contribution in [0.5, 0.6) is 11.5 Å². The molecule has 0 spiro atoms. The number of ether oxygens (including phenoxy) is 1. The monoisotopic (exact) mass is 439 g/mol. The van der Waals surface area contributed by atoms with E-state index in [0.717, 1.165) is 22.0 Å². The number of amides is 1. The van der Waals surface area contributed by atoms with Gasteiger partial charge in [0.15, 0.2) is 0 Å². The normalized spacial score (nSPS) is 11.2. The Hall–Kier alpha value is -4.16. The number of carbonyl (C=O) groups excluding carboxylic acids is 1. The highest BCUT2D eigenvalue weighted by molar-refractivity contribution is 5.99. The van der Waals surface area contributed by atoms with Crippen LogP contribution in [0.15, 0.2) is 95.8 Å². The van der Waals surface area contributed by atoms with Crippen molar-refractivity contribution in [2.45, 2.75) is 0 Å². The van der Waals surface area contributed by atoms with Crippen molar-refractivity contribution in [3.63, 3.8) is 0 Å². The average molecular weight is 440 g/mol. The zero-order valence-electron chi connectivity index (χ0n) is 18.5. The second-order valence-corrected chi connectivity index (χ2v) is 7.91. The van der Waals surface area contributed by atoms with Crippen molar-refractivity contribution in [1.82, 2.24) is 9.88 Å². The van der Waals surface area contributed by atoms with E-state index in [1.165, 1.54) is 12.1 Å². The summed E-state index contributed by atoms with van der Waals surface area (Å²) in [6.07, 6.45) is 3.35. The first-order valence-corrected chi connectivity index (χ1v) is 10.6. The van der Waals surface area contributed by atoms with E-state index >= 15 is 0 Å². The van der Waals surface area contributed by atoms with Gasteiger partial charge in [0, 0.05) is 29.8 Å². The molecule has 0 radical (unpaired) electrons. The van der Waals surface area contributed by atoms with Gasteiger partial charge in [-0.2, -0.15) is 0 Å². The Balaban J connectivity index is 1.55. The molecule has 2 N–H and O–H groups in total. The summed E-state index contributed by atoms with van der Waals surface area (Å²) in [6, 6.07) is 24.2. The lowest BCUT2D eigenvalue weighted by Crippen LogP contribution is -2.12. The summed E-state index contributed by atoms with van der Waals surface area (Å²) in [4.78, 5) is 29.0. The fourth-order valence-electron chi connectivity index (χ4n) is 3.45. The van der Waals surface area contributed by atoms with E-state index in [2.05, 4.69) is 10.3 Å². The van der Waals surface area contributed by atoms with Gasteiger partial charge < -0.3 is 19.9 Å². The van der Waals surface area contributed by atoms with Crippen LogP contribution in [0.2, 0.25) is 0 Å². The van der Waals surface area contributed by atoms with Crippen LogP contribution < -0.4 is 15.6 Å². The van der Waals surface area contributed by atoms with Crippen molar-refractivity contribution in [1.29, 1.82) is 0 Å². The molecule has 4 rings (SSSR count). The third kappa shape index (κ3) is 5.75. The van der Waals surface area contributed by atoms with Crippen LogP contribution in [0.4, 0.5) is 5.69 Å². The molecule has 0 aliphatic rings. The minimum Gasteiger partial charge on any atom is -0.456 e. The van der Waals surface area contributed by atoms with E-state index in [9.17, 15) is 9.59 Å². The summed E-state index contributed by atoms with van der Waals surface area (Å²) in [7, 11) is 3.89. The molecule has 0 aliphatic heterocycles. The quantitative estimate of drug-likeness (QED) is 0.396. The number of aromatic amines is 1. The van der Waals surface area contributed by atoms with Gasteiger partial charge in [-0.15, -0.1) is 0 Å². The molecule has 166 valence electrons. The number of likely N-dealkylation sites (N-methyl/N-ethyl adjacent to an activating group) is 1. The number of H-pyrrole nitrogens is 1. The molecule has 1 heterocycles. The Morgan fingerprint density at radius 2 is 1.73 bits per heavy atom. The number of hydrogen-bond acceptors (Lipinski definition) is 4. The van der Waals surface area contributed by atoms with Crippen LogP contribution in [-0.2, 0) is 4.79 Å². The number of carbonyl (C=O) groups is 1. The van der Waals surface area contributed by atoms with E-state index in [1.807, 2.05) is 97.9 Å². The molecule has 3 aromatic carbocycles. The Bertz CT molecular complexity index is 1370. The molecule has 0 fully saturated rings. The highest BCUT2D eigenvalue weighted by Gasteiger charge is 2.08. The molecule has 0 atom stereocenters. The van der Waals surface area contributed by atoms with E-state index < -0.39 is 0 Å². The molecule has 6 nitrogen and oxygen atoms in total. The molecular weight excluding hydrogens is 414 g/mol. The van der Waals surface area contributed by atoms with Crippen LogP contribution >= 0.6 is 0 Å². The molecule has 4 aromatic rings. The molecule has 0 unspecified atom stereocenters. The van der Waals surface area contributed by atoms with Crippen LogP contribution in [0, 0.1) is 0 Å². The zero-order valence-corrected chi connectivity index (χ0v) is 18.5. The number of nitrogens with zero attached hydrogens (tertiary/aromatic N) is 1. The maximum absolute atomic E-state index is 12.2. The molecule has 0 bridgehead atoms. The number of rotatable bonds is 7. The van der Waals surface area contributed by atoms with Crippen molar-refractivity contribution in [3.05, 3.63) is 101 Å². The van der Waals surface area contributed by atoms with Gasteiger partial charge in [-0.05, 0) is 61.6 Å². The maximum Gasteiger partial charge on any atom is 0.252 e. The largest absolute Gasteiger partial charge is 0.456 e. The molecule has 1 amide bonds.